The van der Waals surface area contributed by atoms with Crippen LogP contribution in [0, 0.1) is 0 Å². The topological polar surface area (TPSA) is 15.3 Å². The van der Waals surface area contributed by atoms with Gasteiger partial charge in [-0.1, -0.05) is 25.1 Å². The first-order valence-electron chi connectivity index (χ1n) is 8.80. The average molecular weight is 286 g/mol. The van der Waals surface area contributed by atoms with Gasteiger partial charge < -0.3 is 5.32 Å². The zero-order valence-electron chi connectivity index (χ0n) is 13.7. The van der Waals surface area contributed by atoms with Crippen LogP contribution in [0.1, 0.15) is 55.7 Å². The monoisotopic (exact) mass is 286 g/mol. The van der Waals surface area contributed by atoms with Gasteiger partial charge in [-0.2, -0.15) is 0 Å². The zero-order chi connectivity index (χ0) is 14.7. The van der Waals surface area contributed by atoms with E-state index in [2.05, 4.69) is 42.4 Å². The van der Waals surface area contributed by atoms with Crippen molar-refractivity contribution in [3.05, 3.63) is 34.9 Å². The molecular formula is C19H30N2. The number of aryl methyl sites for hydroxylation is 2. The van der Waals surface area contributed by atoms with Crippen LogP contribution in [0.15, 0.2) is 18.2 Å². The van der Waals surface area contributed by atoms with Crippen LogP contribution >= 0.6 is 0 Å². The van der Waals surface area contributed by atoms with Gasteiger partial charge in [-0.25, -0.2) is 0 Å². The fraction of sp³-hybridized carbons (Fsp3) is 0.684. The third-order valence-corrected chi connectivity index (χ3v) is 5.41. The van der Waals surface area contributed by atoms with Crippen LogP contribution in [0.2, 0.25) is 0 Å². The molecule has 2 aliphatic carbocycles. The summed E-state index contributed by atoms with van der Waals surface area (Å²) in [5.41, 5.74) is 4.70. The fourth-order valence-corrected chi connectivity index (χ4v) is 4.15. The SMILES string of the molecule is CCNC1CCC(N(C)Cc2ccc3c(c2)CCC3)CC1. The minimum atomic E-state index is 0.764. The Kier molecular flexibility index (Phi) is 4.97. The third-order valence-electron chi connectivity index (χ3n) is 5.41. The molecule has 21 heavy (non-hydrogen) atoms. The van der Waals surface area contributed by atoms with Crippen LogP contribution in [0.5, 0.6) is 0 Å². The molecule has 2 aliphatic rings. The lowest BCUT2D eigenvalue weighted by Gasteiger charge is -2.35. The van der Waals surface area contributed by atoms with Crippen molar-refractivity contribution in [2.75, 3.05) is 13.6 Å². The summed E-state index contributed by atoms with van der Waals surface area (Å²) >= 11 is 0. The summed E-state index contributed by atoms with van der Waals surface area (Å²) in [6.45, 7) is 4.44. The van der Waals surface area contributed by atoms with E-state index < -0.39 is 0 Å². The van der Waals surface area contributed by atoms with Crippen LogP contribution in [0.25, 0.3) is 0 Å². The van der Waals surface area contributed by atoms with Gasteiger partial charge in [0, 0.05) is 18.6 Å². The van der Waals surface area contributed by atoms with Crippen molar-refractivity contribution in [2.24, 2.45) is 0 Å². The Bertz CT molecular complexity index is 461. The molecule has 1 saturated carbocycles. The molecule has 116 valence electrons. The lowest BCUT2D eigenvalue weighted by atomic mass is 9.90. The number of fused-ring (bicyclic) bond motifs is 1. The fourth-order valence-electron chi connectivity index (χ4n) is 4.15. The molecule has 0 unspecified atom stereocenters. The molecule has 0 saturated heterocycles. The molecule has 1 N–H and O–H groups in total. The number of nitrogens with zero attached hydrogens (tertiary/aromatic N) is 1. The van der Waals surface area contributed by atoms with Gasteiger partial charge in [0.25, 0.3) is 0 Å². The molecule has 1 aromatic carbocycles. The van der Waals surface area contributed by atoms with Gasteiger partial charge in [-0.05, 0) is 75.2 Å². The Balaban J connectivity index is 1.53. The molecule has 1 fully saturated rings. The summed E-state index contributed by atoms with van der Waals surface area (Å²) in [5.74, 6) is 0. The van der Waals surface area contributed by atoms with Crippen molar-refractivity contribution >= 4 is 0 Å². The second kappa shape index (κ2) is 6.93. The second-order valence-electron chi connectivity index (χ2n) is 6.93. The molecule has 0 atom stereocenters. The quantitative estimate of drug-likeness (QED) is 0.891. The second-order valence-corrected chi connectivity index (χ2v) is 6.93. The van der Waals surface area contributed by atoms with Gasteiger partial charge in [0.05, 0.1) is 0 Å². The predicted octanol–water partition coefficient (Wildman–Crippen LogP) is 3.53. The van der Waals surface area contributed by atoms with Gasteiger partial charge >= 0.3 is 0 Å². The standard InChI is InChI=1S/C19H30N2/c1-3-20-18-9-11-19(12-10-18)21(2)14-15-7-8-16-5-4-6-17(16)13-15/h7-8,13,18-20H,3-6,9-12,14H2,1-2H3. The minimum Gasteiger partial charge on any atom is -0.314 e. The van der Waals surface area contributed by atoms with Crippen LogP contribution in [-0.4, -0.2) is 30.6 Å². The van der Waals surface area contributed by atoms with Gasteiger partial charge in [0.15, 0.2) is 0 Å². The summed E-state index contributed by atoms with van der Waals surface area (Å²) in [6.07, 6.45) is 9.31. The van der Waals surface area contributed by atoms with Crippen molar-refractivity contribution in [1.29, 1.82) is 0 Å². The van der Waals surface area contributed by atoms with E-state index >= 15 is 0 Å². The Hall–Kier alpha value is -0.860. The smallest absolute Gasteiger partial charge is 0.0233 e. The Morgan fingerprint density at radius 2 is 1.86 bits per heavy atom. The van der Waals surface area contributed by atoms with Gasteiger partial charge in [0.2, 0.25) is 0 Å². The highest BCUT2D eigenvalue weighted by Gasteiger charge is 2.23. The highest BCUT2D eigenvalue weighted by molar-refractivity contribution is 5.35. The van der Waals surface area contributed by atoms with E-state index in [-0.39, 0.29) is 0 Å². The summed E-state index contributed by atoms with van der Waals surface area (Å²) in [5, 5.41) is 3.60. The number of nitrogens with one attached hydrogen (secondary N) is 1. The average Bonchev–Trinajstić information content (AvgIpc) is 2.96. The van der Waals surface area contributed by atoms with Crippen molar-refractivity contribution in [3.63, 3.8) is 0 Å². The van der Waals surface area contributed by atoms with E-state index in [1.165, 1.54) is 50.5 Å². The molecule has 0 radical (unpaired) electrons. The minimum absolute atomic E-state index is 0.764. The van der Waals surface area contributed by atoms with Crippen molar-refractivity contribution in [1.82, 2.24) is 10.2 Å². The molecule has 0 aromatic heterocycles. The molecule has 0 amide bonds. The number of rotatable bonds is 5. The molecule has 0 bridgehead atoms. The molecule has 2 heteroatoms. The molecule has 0 aliphatic heterocycles. The molecule has 1 aromatic rings. The van der Waals surface area contributed by atoms with Crippen LogP contribution in [-0.2, 0) is 19.4 Å². The van der Waals surface area contributed by atoms with E-state index in [4.69, 9.17) is 0 Å². The maximum Gasteiger partial charge on any atom is 0.0233 e. The van der Waals surface area contributed by atoms with E-state index in [1.54, 1.807) is 11.1 Å². The van der Waals surface area contributed by atoms with Crippen LogP contribution in [0.3, 0.4) is 0 Å². The Morgan fingerprint density at radius 3 is 2.62 bits per heavy atom. The maximum atomic E-state index is 3.60. The predicted molar refractivity (Wildman–Crippen MR) is 89.7 cm³/mol. The van der Waals surface area contributed by atoms with Crippen molar-refractivity contribution in [3.8, 4) is 0 Å². The van der Waals surface area contributed by atoms with Crippen molar-refractivity contribution < 1.29 is 0 Å². The van der Waals surface area contributed by atoms with Crippen LogP contribution in [0.4, 0.5) is 0 Å². The van der Waals surface area contributed by atoms with Crippen molar-refractivity contribution in [2.45, 2.75) is 70.5 Å². The largest absolute Gasteiger partial charge is 0.314 e. The number of benzene rings is 1. The highest BCUT2D eigenvalue weighted by atomic mass is 15.1. The summed E-state index contributed by atoms with van der Waals surface area (Å²) in [4.78, 5) is 2.58. The summed E-state index contributed by atoms with van der Waals surface area (Å²) in [6, 6.07) is 8.72. The molecular weight excluding hydrogens is 256 g/mol. The van der Waals surface area contributed by atoms with Gasteiger partial charge in [-0.15, -0.1) is 0 Å². The molecule has 3 rings (SSSR count). The van der Waals surface area contributed by atoms with E-state index in [1.807, 2.05) is 0 Å². The normalized spacial score (nSPS) is 25.3. The first-order valence-corrected chi connectivity index (χ1v) is 8.80. The van der Waals surface area contributed by atoms with E-state index in [9.17, 15) is 0 Å². The van der Waals surface area contributed by atoms with E-state index in [0.717, 1.165) is 25.2 Å². The van der Waals surface area contributed by atoms with E-state index in [0.29, 0.717) is 0 Å². The molecule has 0 spiro atoms. The Morgan fingerprint density at radius 1 is 1.10 bits per heavy atom. The first-order chi connectivity index (χ1) is 10.3. The highest BCUT2D eigenvalue weighted by Crippen LogP contribution is 2.26. The Labute approximate surface area is 129 Å². The van der Waals surface area contributed by atoms with Gasteiger partial charge in [0.1, 0.15) is 0 Å². The summed E-state index contributed by atoms with van der Waals surface area (Å²) < 4.78 is 0. The maximum absolute atomic E-state index is 3.60. The van der Waals surface area contributed by atoms with Gasteiger partial charge in [-0.3, -0.25) is 4.90 Å². The lowest BCUT2D eigenvalue weighted by Crippen LogP contribution is -2.40. The molecule has 0 heterocycles. The first kappa shape index (κ1) is 15.1. The lowest BCUT2D eigenvalue weighted by molar-refractivity contribution is 0.168. The third kappa shape index (κ3) is 3.67. The zero-order valence-corrected chi connectivity index (χ0v) is 13.7. The number of hydrogen-bond acceptors (Lipinski definition) is 2. The molecule has 2 nitrogen and oxygen atoms in total. The number of hydrogen-bond donors (Lipinski definition) is 1. The summed E-state index contributed by atoms with van der Waals surface area (Å²) in [7, 11) is 2.31. The van der Waals surface area contributed by atoms with Crippen LogP contribution < -0.4 is 5.32 Å².